The minimum Gasteiger partial charge on any atom is -0.302 e. The number of nitrogens with zero attached hydrogens (tertiary/aromatic N) is 2. The summed E-state index contributed by atoms with van der Waals surface area (Å²) in [7, 11) is 0. The summed E-state index contributed by atoms with van der Waals surface area (Å²) in [5.74, 6) is 1.02. The molecule has 0 aliphatic rings. The molecule has 0 radical (unpaired) electrons. The van der Waals surface area contributed by atoms with Gasteiger partial charge >= 0.3 is 0 Å². The summed E-state index contributed by atoms with van der Waals surface area (Å²) in [6, 6.07) is 5.93. The van der Waals surface area contributed by atoms with Crippen LogP contribution >= 0.6 is 27.5 Å². The van der Waals surface area contributed by atoms with Crippen molar-refractivity contribution in [3.05, 3.63) is 47.0 Å². The number of alkyl halides is 1. The zero-order chi connectivity index (χ0) is 11.5. The Hall–Kier alpha value is -0.800. The molecule has 2 nitrogen and oxygen atoms in total. The molecule has 2 aromatic rings. The molecule has 4 heteroatoms. The number of imidazole rings is 1. The molecule has 1 heterocycles. The van der Waals surface area contributed by atoms with Crippen LogP contribution in [0.2, 0.25) is 5.02 Å². The Morgan fingerprint density at radius 1 is 1.44 bits per heavy atom. The van der Waals surface area contributed by atoms with E-state index in [1.807, 2.05) is 18.3 Å². The van der Waals surface area contributed by atoms with Crippen molar-refractivity contribution in [2.75, 3.05) is 0 Å². The maximum Gasteiger partial charge on any atom is 0.112 e. The highest BCUT2D eigenvalue weighted by Gasteiger charge is 2.11. The van der Waals surface area contributed by atoms with Crippen molar-refractivity contribution >= 4 is 27.5 Å². The first-order chi connectivity index (χ1) is 7.77. The van der Waals surface area contributed by atoms with Gasteiger partial charge in [-0.05, 0) is 11.6 Å². The van der Waals surface area contributed by atoms with E-state index in [0.29, 0.717) is 0 Å². The van der Waals surface area contributed by atoms with Crippen molar-refractivity contribution in [1.29, 1.82) is 0 Å². The minimum atomic E-state index is 0.754. The van der Waals surface area contributed by atoms with Crippen molar-refractivity contribution in [2.45, 2.75) is 18.7 Å². The molecule has 0 spiro atoms. The lowest BCUT2D eigenvalue weighted by Gasteiger charge is -2.12. The highest BCUT2D eigenvalue weighted by atomic mass is 79.9. The smallest absolute Gasteiger partial charge is 0.112 e. The third kappa shape index (κ3) is 2.02. The van der Waals surface area contributed by atoms with Gasteiger partial charge < -0.3 is 4.57 Å². The lowest BCUT2D eigenvalue weighted by molar-refractivity contribution is 0.885. The van der Waals surface area contributed by atoms with Crippen molar-refractivity contribution in [3.8, 4) is 5.69 Å². The fourth-order valence-electron chi connectivity index (χ4n) is 1.74. The quantitative estimate of drug-likeness (QED) is 0.784. The molecule has 1 aromatic heterocycles. The number of halogens is 2. The maximum atomic E-state index is 6.26. The number of aromatic nitrogens is 2. The van der Waals surface area contributed by atoms with E-state index in [0.717, 1.165) is 28.3 Å². The molecule has 0 aliphatic carbocycles. The van der Waals surface area contributed by atoms with E-state index in [9.17, 15) is 0 Å². The normalized spacial score (nSPS) is 10.7. The largest absolute Gasteiger partial charge is 0.302 e. The second-order valence-electron chi connectivity index (χ2n) is 3.45. The van der Waals surface area contributed by atoms with E-state index < -0.39 is 0 Å². The first-order valence-corrected chi connectivity index (χ1v) is 6.63. The molecule has 0 saturated carbocycles. The number of aryl methyl sites for hydroxylation is 1. The minimum absolute atomic E-state index is 0.754. The van der Waals surface area contributed by atoms with Gasteiger partial charge in [-0.15, -0.1) is 0 Å². The summed E-state index contributed by atoms with van der Waals surface area (Å²) in [4.78, 5) is 4.32. The van der Waals surface area contributed by atoms with Crippen LogP contribution < -0.4 is 0 Å². The van der Waals surface area contributed by atoms with Gasteiger partial charge in [0, 0.05) is 24.1 Å². The molecule has 0 fully saturated rings. The van der Waals surface area contributed by atoms with Gasteiger partial charge in [0.25, 0.3) is 0 Å². The van der Waals surface area contributed by atoms with Gasteiger partial charge in [-0.2, -0.15) is 0 Å². The van der Waals surface area contributed by atoms with Crippen LogP contribution in [-0.4, -0.2) is 9.55 Å². The summed E-state index contributed by atoms with van der Waals surface area (Å²) in [6.45, 7) is 2.09. The van der Waals surface area contributed by atoms with Crippen molar-refractivity contribution in [2.24, 2.45) is 0 Å². The van der Waals surface area contributed by atoms with Crippen LogP contribution in [0, 0.1) is 0 Å². The van der Waals surface area contributed by atoms with Crippen molar-refractivity contribution < 1.29 is 0 Å². The van der Waals surface area contributed by atoms with Crippen LogP contribution in [-0.2, 0) is 11.8 Å². The van der Waals surface area contributed by atoms with Gasteiger partial charge in [0.15, 0.2) is 0 Å². The average Bonchev–Trinajstić information content (AvgIpc) is 2.76. The van der Waals surface area contributed by atoms with E-state index in [1.54, 1.807) is 6.20 Å². The lowest BCUT2D eigenvalue weighted by atomic mass is 10.2. The van der Waals surface area contributed by atoms with Crippen LogP contribution in [0.5, 0.6) is 0 Å². The third-order valence-corrected chi connectivity index (χ3v) is 3.40. The predicted molar refractivity (Wildman–Crippen MR) is 70.6 cm³/mol. The first kappa shape index (κ1) is 11.7. The van der Waals surface area contributed by atoms with Gasteiger partial charge in [0.2, 0.25) is 0 Å². The van der Waals surface area contributed by atoms with E-state index in [2.05, 4.69) is 38.5 Å². The summed E-state index contributed by atoms with van der Waals surface area (Å²) < 4.78 is 2.05. The summed E-state index contributed by atoms with van der Waals surface area (Å²) in [6.07, 6.45) is 4.65. The Morgan fingerprint density at radius 3 is 2.94 bits per heavy atom. The monoisotopic (exact) mass is 298 g/mol. The summed E-state index contributed by atoms with van der Waals surface area (Å²) >= 11 is 9.74. The van der Waals surface area contributed by atoms with Gasteiger partial charge in [-0.3, -0.25) is 0 Å². The lowest BCUT2D eigenvalue weighted by Crippen LogP contribution is -2.03. The Kier molecular flexibility index (Phi) is 3.66. The summed E-state index contributed by atoms with van der Waals surface area (Å²) in [5, 5.41) is 1.54. The standard InChI is InChI=1S/C12H12BrClN2/c1-2-11-15-6-7-16(11)12-9(8-13)4-3-5-10(12)14/h3-7H,2,8H2,1H3. The molecular formula is C12H12BrClN2. The topological polar surface area (TPSA) is 17.8 Å². The number of rotatable bonds is 3. The molecule has 0 atom stereocenters. The molecule has 0 saturated heterocycles. The fourth-order valence-corrected chi connectivity index (χ4v) is 2.47. The SMILES string of the molecule is CCc1nccn1-c1c(Cl)cccc1CBr. The Bertz CT molecular complexity index is 494. The predicted octanol–water partition coefficient (Wildman–Crippen LogP) is 3.98. The zero-order valence-electron chi connectivity index (χ0n) is 8.95. The molecule has 0 bridgehead atoms. The Labute approximate surface area is 108 Å². The van der Waals surface area contributed by atoms with Crippen molar-refractivity contribution in [1.82, 2.24) is 9.55 Å². The second-order valence-corrected chi connectivity index (χ2v) is 4.42. The Morgan fingerprint density at radius 2 is 2.25 bits per heavy atom. The van der Waals surface area contributed by atoms with E-state index in [1.165, 1.54) is 5.56 Å². The molecule has 0 amide bonds. The third-order valence-electron chi connectivity index (χ3n) is 2.49. The molecule has 0 aliphatic heterocycles. The van der Waals surface area contributed by atoms with Gasteiger partial charge in [0.1, 0.15) is 5.82 Å². The first-order valence-electron chi connectivity index (χ1n) is 5.14. The van der Waals surface area contributed by atoms with Gasteiger partial charge in [0.05, 0.1) is 10.7 Å². The number of para-hydroxylation sites is 1. The van der Waals surface area contributed by atoms with Crippen LogP contribution in [0.4, 0.5) is 0 Å². The van der Waals surface area contributed by atoms with Crippen LogP contribution in [0.3, 0.4) is 0 Å². The Balaban J connectivity index is 2.63. The molecule has 16 heavy (non-hydrogen) atoms. The van der Waals surface area contributed by atoms with Crippen LogP contribution in [0.25, 0.3) is 5.69 Å². The zero-order valence-corrected chi connectivity index (χ0v) is 11.3. The average molecular weight is 300 g/mol. The van der Waals surface area contributed by atoms with Crippen LogP contribution in [0.1, 0.15) is 18.3 Å². The van der Waals surface area contributed by atoms with Gasteiger partial charge in [-0.25, -0.2) is 4.98 Å². The molecule has 84 valence electrons. The second kappa shape index (κ2) is 5.02. The maximum absolute atomic E-state index is 6.26. The molecule has 2 rings (SSSR count). The summed E-state index contributed by atoms with van der Waals surface area (Å²) in [5.41, 5.74) is 2.19. The van der Waals surface area contributed by atoms with Gasteiger partial charge in [-0.1, -0.05) is 46.6 Å². The molecule has 0 N–H and O–H groups in total. The highest BCUT2D eigenvalue weighted by Crippen LogP contribution is 2.27. The number of benzene rings is 1. The fraction of sp³-hybridized carbons (Fsp3) is 0.250. The van der Waals surface area contributed by atoms with E-state index in [4.69, 9.17) is 11.6 Å². The number of hydrogen-bond donors (Lipinski definition) is 0. The van der Waals surface area contributed by atoms with E-state index in [-0.39, 0.29) is 0 Å². The molecule has 1 aromatic carbocycles. The van der Waals surface area contributed by atoms with Crippen molar-refractivity contribution in [3.63, 3.8) is 0 Å². The highest BCUT2D eigenvalue weighted by molar-refractivity contribution is 9.08. The number of hydrogen-bond acceptors (Lipinski definition) is 1. The molecular weight excluding hydrogens is 288 g/mol. The van der Waals surface area contributed by atoms with E-state index >= 15 is 0 Å². The molecule has 0 unspecified atom stereocenters. The van der Waals surface area contributed by atoms with Crippen LogP contribution in [0.15, 0.2) is 30.6 Å².